The molecule has 0 saturated heterocycles. The van der Waals surface area contributed by atoms with Crippen LogP contribution in [0.25, 0.3) is 5.57 Å². The highest BCUT2D eigenvalue weighted by Crippen LogP contribution is 2.35. The number of benzene rings is 1. The number of aryl methyl sites for hydroxylation is 1. The second-order valence-electron chi connectivity index (χ2n) is 13.8. The third-order valence-electron chi connectivity index (χ3n) is 9.80. The van der Waals surface area contributed by atoms with Gasteiger partial charge in [-0.2, -0.15) is 13.2 Å². The SMILES string of the molecule is C=C(/C=C\C(=C)c1ccc(CCC2CCC(CCCCC(F)(F)F)CC2)cc1)CCCC(CCOC(=O)C(=C)CC)CCOC(=O)C(=C)CO. The van der Waals surface area contributed by atoms with Gasteiger partial charge in [0.15, 0.2) is 0 Å². The van der Waals surface area contributed by atoms with E-state index in [-0.39, 0.29) is 37.1 Å². The van der Waals surface area contributed by atoms with Gasteiger partial charge in [-0.1, -0.05) is 114 Å². The lowest BCUT2D eigenvalue weighted by Gasteiger charge is -2.28. The van der Waals surface area contributed by atoms with Crippen LogP contribution >= 0.6 is 0 Å². The molecule has 8 heteroatoms. The van der Waals surface area contributed by atoms with E-state index in [0.29, 0.717) is 43.1 Å². The highest BCUT2D eigenvalue weighted by molar-refractivity contribution is 5.88. The Balaban J connectivity index is 1.73. The van der Waals surface area contributed by atoms with Crippen LogP contribution in [0.4, 0.5) is 13.2 Å². The number of esters is 2. The third-order valence-corrected chi connectivity index (χ3v) is 9.80. The maximum atomic E-state index is 12.4. The molecule has 1 atom stereocenters. The van der Waals surface area contributed by atoms with Gasteiger partial charge in [0.1, 0.15) is 0 Å². The normalized spacial score (nSPS) is 16.9. The van der Waals surface area contributed by atoms with E-state index in [9.17, 15) is 22.8 Å². The summed E-state index contributed by atoms with van der Waals surface area (Å²) in [5.41, 5.74) is 4.70. The fourth-order valence-electron chi connectivity index (χ4n) is 6.32. The molecule has 278 valence electrons. The lowest BCUT2D eigenvalue weighted by molar-refractivity contribution is -0.140. The van der Waals surface area contributed by atoms with E-state index < -0.39 is 25.2 Å². The topological polar surface area (TPSA) is 72.8 Å². The van der Waals surface area contributed by atoms with Gasteiger partial charge in [0.2, 0.25) is 0 Å². The van der Waals surface area contributed by atoms with Crippen molar-refractivity contribution in [2.45, 2.75) is 116 Å². The summed E-state index contributed by atoms with van der Waals surface area (Å²) in [6.45, 7) is 17.5. The predicted molar refractivity (Wildman–Crippen MR) is 196 cm³/mol. The first kappa shape index (κ1) is 42.8. The zero-order valence-corrected chi connectivity index (χ0v) is 30.2. The first-order valence-corrected chi connectivity index (χ1v) is 18.3. The van der Waals surface area contributed by atoms with Crippen molar-refractivity contribution in [1.29, 1.82) is 0 Å². The molecule has 2 rings (SSSR count). The third kappa shape index (κ3) is 18.0. The van der Waals surface area contributed by atoms with Crippen molar-refractivity contribution in [3.8, 4) is 0 Å². The predicted octanol–water partition coefficient (Wildman–Crippen LogP) is 10.8. The second-order valence-corrected chi connectivity index (χ2v) is 13.8. The van der Waals surface area contributed by atoms with E-state index in [1.165, 1.54) is 18.4 Å². The Labute approximate surface area is 298 Å². The second kappa shape index (κ2) is 23.2. The Morgan fingerprint density at radius 3 is 1.98 bits per heavy atom. The van der Waals surface area contributed by atoms with Crippen molar-refractivity contribution in [3.05, 3.63) is 90.6 Å². The van der Waals surface area contributed by atoms with Gasteiger partial charge < -0.3 is 14.6 Å². The van der Waals surface area contributed by atoms with Crippen molar-refractivity contribution in [1.82, 2.24) is 0 Å². The maximum Gasteiger partial charge on any atom is 0.389 e. The molecule has 1 aromatic carbocycles. The first-order valence-electron chi connectivity index (χ1n) is 18.3. The lowest BCUT2D eigenvalue weighted by Crippen LogP contribution is -2.15. The number of aliphatic hydroxyl groups excluding tert-OH is 1. The molecule has 0 radical (unpaired) electrons. The number of hydrogen-bond donors (Lipinski definition) is 1. The van der Waals surface area contributed by atoms with E-state index in [4.69, 9.17) is 14.6 Å². The highest BCUT2D eigenvalue weighted by Gasteiger charge is 2.27. The van der Waals surface area contributed by atoms with E-state index in [1.54, 1.807) is 0 Å². The van der Waals surface area contributed by atoms with Crippen LogP contribution < -0.4 is 0 Å². The van der Waals surface area contributed by atoms with Crippen LogP contribution in [-0.2, 0) is 25.5 Å². The Morgan fingerprint density at radius 1 is 0.840 bits per heavy atom. The monoisotopic (exact) mass is 700 g/mol. The molecule has 5 nitrogen and oxygen atoms in total. The summed E-state index contributed by atoms with van der Waals surface area (Å²) in [5, 5.41) is 9.08. The van der Waals surface area contributed by atoms with Crippen LogP contribution in [0.1, 0.15) is 114 Å². The first-order chi connectivity index (χ1) is 23.8. The number of halogens is 3. The molecule has 0 spiro atoms. The summed E-state index contributed by atoms with van der Waals surface area (Å²) in [7, 11) is 0. The minimum atomic E-state index is -4.03. The smallest absolute Gasteiger partial charge is 0.389 e. The maximum absolute atomic E-state index is 12.4. The number of rotatable bonds is 24. The van der Waals surface area contributed by atoms with Gasteiger partial charge in [-0.05, 0) is 92.2 Å². The molecule has 1 aliphatic carbocycles. The van der Waals surface area contributed by atoms with Gasteiger partial charge in [-0.3, -0.25) is 0 Å². The fourth-order valence-corrected chi connectivity index (χ4v) is 6.32. The molecule has 0 bridgehead atoms. The largest absolute Gasteiger partial charge is 0.462 e. The molecule has 0 aliphatic heterocycles. The summed E-state index contributed by atoms with van der Waals surface area (Å²) in [4.78, 5) is 23.8. The molecule has 0 amide bonds. The van der Waals surface area contributed by atoms with Crippen molar-refractivity contribution < 1.29 is 37.3 Å². The van der Waals surface area contributed by atoms with Crippen molar-refractivity contribution in [3.63, 3.8) is 0 Å². The van der Waals surface area contributed by atoms with Gasteiger partial charge in [-0.15, -0.1) is 0 Å². The highest BCUT2D eigenvalue weighted by atomic mass is 19.4. The number of carbonyl (C=O) groups is 2. The van der Waals surface area contributed by atoms with Crippen LogP contribution in [0, 0.1) is 17.8 Å². The van der Waals surface area contributed by atoms with Crippen LogP contribution in [0.2, 0.25) is 0 Å². The Morgan fingerprint density at radius 2 is 1.42 bits per heavy atom. The van der Waals surface area contributed by atoms with Crippen LogP contribution in [-0.4, -0.2) is 43.0 Å². The summed E-state index contributed by atoms with van der Waals surface area (Å²) in [6.07, 6.45) is 12.2. The summed E-state index contributed by atoms with van der Waals surface area (Å²) >= 11 is 0. The van der Waals surface area contributed by atoms with E-state index >= 15 is 0 Å². The number of unbranched alkanes of at least 4 members (excludes halogenated alkanes) is 1. The van der Waals surface area contributed by atoms with Gasteiger partial charge in [0.05, 0.1) is 25.4 Å². The molecule has 1 aliphatic rings. The summed E-state index contributed by atoms with van der Waals surface area (Å²) in [6, 6.07) is 8.56. The number of ether oxygens (including phenoxy) is 2. The number of hydrogen-bond acceptors (Lipinski definition) is 5. The quantitative estimate of drug-likeness (QED) is 0.0503. The molecule has 50 heavy (non-hydrogen) atoms. The Hall–Kier alpha value is -3.39. The van der Waals surface area contributed by atoms with E-state index in [0.717, 1.165) is 68.1 Å². The van der Waals surface area contributed by atoms with E-state index in [2.05, 4.69) is 50.6 Å². The van der Waals surface area contributed by atoms with Gasteiger partial charge in [0.25, 0.3) is 0 Å². The molecule has 1 unspecified atom stereocenters. The van der Waals surface area contributed by atoms with Crippen LogP contribution in [0.5, 0.6) is 0 Å². The fraction of sp³-hybridized carbons (Fsp3) is 0.571. The van der Waals surface area contributed by atoms with Gasteiger partial charge in [-0.25, -0.2) is 9.59 Å². The van der Waals surface area contributed by atoms with Crippen molar-refractivity contribution in [2.75, 3.05) is 19.8 Å². The number of allylic oxidation sites excluding steroid dienone is 4. The van der Waals surface area contributed by atoms with Crippen molar-refractivity contribution in [2.24, 2.45) is 17.8 Å². The average molecular weight is 701 g/mol. The standard InChI is InChI=1S/C42H59F3O5/c1-6-32(3)40(47)49-28-25-36(26-29-50-41(48)34(5)30-46)12-9-10-31(2)13-14-33(4)39-23-21-38(22-24-39)20-19-37-17-15-35(16-18-37)11-7-8-27-42(43,44)45/h13-14,21-24,35-37,46H,2-12,15-20,25-30H2,1H3/b14-13-. The number of alkyl halides is 3. The van der Waals surface area contributed by atoms with Gasteiger partial charge in [0, 0.05) is 12.0 Å². The molecule has 0 aromatic heterocycles. The molecular formula is C42H59F3O5. The van der Waals surface area contributed by atoms with Crippen LogP contribution in [0.15, 0.2) is 79.5 Å². The van der Waals surface area contributed by atoms with E-state index in [1.807, 2.05) is 19.1 Å². The number of carbonyl (C=O) groups excluding carboxylic acids is 2. The number of aliphatic hydroxyl groups is 1. The molecule has 1 N–H and O–H groups in total. The Kier molecular flexibility index (Phi) is 19.8. The molecule has 0 heterocycles. The summed E-state index contributed by atoms with van der Waals surface area (Å²) < 4.78 is 47.7. The van der Waals surface area contributed by atoms with Gasteiger partial charge >= 0.3 is 18.1 Å². The zero-order chi connectivity index (χ0) is 36.9. The molecule has 1 fully saturated rings. The molecule has 1 saturated carbocycles. The Bertz CT molecular complexity index is 1240. The molecule has 1 aromatic rings. The summed E-state index contributed by atoms with van der Waals surface area (Å²) in [5.74, 6) is 0.446. The minimum Gasteiger partial charge on any atom is -0.462 e. The van der Waals surface area contributed by atoms with Crippen molar-refractivity contribution >= 4 is 17.5 Å². The molecular weight excluding hydrogens is 641 g/mol. The average Bonchev–Trinajstić information content (AvgIpc) is 3.10. The minimum absolute atomic E-state index is 0.0152. The lowest BCUT2D eigenvalue weighted by atomic mass is 9.77. The van der Waals surface area contributed by atoms with Crippen LogP contribution in [0.3, 0.4) is 0 Å². The zero-order valence-electron chi connectivity index (χ0n) is 30.2.